The van der Waals surface area contributed by atoms with Gasteiger partial charge in [0, 0.05) is 48.5 Å². The number of rotatable bonds is 8. The lowest BCUT2D eigenvalue weighted by Gasteiger charge is -2.40. The molecule has 1 aliphatic rings. The van der Waals surface area contributed by atoms with E-state index in [1.54, 1.807) is 12.1 Å². The molecule has 9 nitrogen and oxygen atoms in total. The standard InChI is InChI=1S/C30H32F2N6O3S2/c1-5-37(30-35-28(27(15-33)42-30)19-6-8-20(31)9-7-19)26-14-25(18(2)3)34-29-23(26)12-21(13-24(29)32)36-10-11-38(43(4,40)41)22(16-36)17-39/h6-9,12-14,18,22,39H,5,10-11,16-17H2,1-4H3. The van der Waals surface area contributed by atoms with Crippen LogP contribution < -0.4 is 9.80 Å². The first-order valence-electron chi connectivity index (χ1n) is 13.9. The molecule has 1 atom stereocenters. The molecular formula is C30H32F2N6O3S2. The Hall–Kier alpha value is -3.70. The third-order valence-electron chi connectivity index (χ3n) is 7.54. The van der Waals surface area contributed by atoms with Crippen LogP contribution in [-0.4, -0.2) is 72.9 Å². The number of pyridine rings is 1. The summed E-state index contributed by atoms with van der Waals surface area (Å²) in [4.78, 5) is 13.6. The van der Waals surface area contributed by atoms with Crippen LogP contribution in [0.25, 0.3) is 22.2 Å². The van der Waals surface area contributed by atoms with Gasteiger partial charge in [0.05, 0.1) is 24.6 Å². The third kappa shape index (κ3) is 6.05. The Morgan fingerprint density at radius 1 is 1.16 bits per heavy atom. The van der Waals surface area contributed by atoms with Crippen LogP contribution in [0.2, 0.25) is 0 Å². The van der Waals surface area contributed by atoms with Gasteiger partial charge in [0.15, 0.2) is 10.9 Å². The van der Waals surface area contributed by atoms with Gasteiger partial charge >= 0.3 is 0 Å². The molecule has 1 N–H and O–H groups in total. The normalized spacial score (nSPS) is 16.2. The molecule has 4 aromatic rings. The van der Waals surface area contributed by atoms with E-state index in [0.29, 0.717) is 56.8 Å². The van der Waals surface area contributed by atoms with Gasteiger partial charge in [-0.2, -0.15) is 9.57 Å². The quantitative estimate of drug-likeness (QED) is 0.283. The Bertz CT molecular complexity index is 1810. The van der Waals surface area contributed by atoms with Crippen molar-refractivity contribution in [1.29, 1.82) is 5.26 Å². The van der Waals surface area contributed by atoms with Crippen molar-refractivity contribution in [3.05, 3.63) is 64.7 Å². The first-order valence-corrected chi connectivity index (χ1v) is 16.5. The van der Waals surface area contributed by atoms with Crippen molar-refractivity contribution in [2.24, 2.45) is 0 Å². The van der Waals surface area contributed by atoms with E-state index in [9.17, 15) is 23.2 Å². The zero-order chi connectivity index (χ0) is 31.1. The Labute approximate surface area is 253 Å². The van der Waals surface area contributed by atoms with Crippen molar-refractivity contribution in [2.45, 2.75) is 32.7 Å². The Balaban J connectivity index is 1.64. The van der Waals surface area contributed by atoms with Gasteiger partial charge in [0.1, 0.15) is 28.0 Å². The number of hydrogen-bond acceptors (Lipinski definition) is 9. The highest BCUT2D eigenvalue weighted by atomic mass is 32.2. The number of aliphatic hydroxyl groups excluding tert-OH is 1. The summed E-state index contributed by atoms with van der Waals surface area (Å²) in [6, 6.07) is 12.5. The van der Waals surface area contributed by atoms with Crippen LogP contribution in [0.5, 0.6) is 0 Å². The Morgan fingerprint density at radius 2 is 1.88 bits per heavy atom. The molecule has 0 radical (unpaired) electrons. The van der Waals surface area contributed by atoms with E-state index in [4.69, 9.17) is 4.98 Å². The second kappa shape index (κ2) is 12.1. The second-order valence-corrected chi connectivity index (χ2v) is 13.7. The summed E-state index contributed by atoms with van der Waals surface area (Å²) in [5.74, 6) is -0.920. The highest BCUT2D eigenvalue weighted by Gasteiger charge is 2.33. The molecular weight excluding hydrogens is 594 g/mol. The summed E-state index contributed by atoms with van der Waals surface area (Å²) in [6.07, 6.45) is 1.11. The van der Waals surface area contributed by atoms with E-state index in [0.717, 1.165) is 6.26 Å². The minimum atomic E-state index is -3.52. The van der Waals surface area contributed by atoms with Gasteiger partial charge in [0.2, 0.25) is 10.0 Å². The van der Waals surface area contributed by atoms with E-state index in [-0.39, 0.29) is 31.1 Å². The number of benzene rings is 2. The predicted molar refractivity (Wildman–Crippen MR) is 165 cm³/mol. The van der Waals surface area contributed by atoms with Gasteiger partial charge in [-0.25, -0.2) is 27.2 Å². The fraction of sp³-hybridized carbons (Fsp3) is 0.367. The minimum Gasteiger partial charge on any atom is -0.395 e. The van der Waals surface area contributed by atoms with Gasteiger partial charge in [0.25, 0.3) is 0 Å². The van der Waals surface area contributed by atoms with Crippen LogP contribution in [0.3, 0.4) is 0 Å². The number of halogens is 2. The van der Waals surface area contributed by atoms with E-state index >= 15 is 4.39 Å². The zero-order valence-corrected chi connectivity index (χ0v) is 25.9. The maximum absolute atomic E-state index is 15.9. The molecule has 3 heterocycles. The molecule has 2 aromatic carbocycles. The van der Waals surface area contributed by atoms with Crippen LogP contribution in [-0.2, 0) is 10.0 Å². The SMILES string of the molecule is CCN(c1nc(-c2ccc(F)cc2)c(C#N)s1)c1cc(C(C)C)nc2c(F)cc(N3CCN(S(C)(=O)=O)C(CO)C3)cc12. The summed E-state index contributed by atoms with van der Waals surface area (Å²) in [7, 11) is -3.52. The Morgan fingerprint density at radius 3 is 2.49 bits per heavy atom. The van der Waals surface area contributed by atoms with Crippen molar-refractivity contribution in [1.82, 2.24) is 14.3 Å². The molecule has 0 spiro atoms. The van der Waals surface area contributed by atoms with Crippen molar-refractivity contribution < 1.29 is 22.3 Å². The largest absolute Gasteiger partial charge is 0.395 e. The van der Waals surface area contributed by atoms with Crippen LogP contribution >= 0.6 is 11.3 Å². The van der Waals surface area contributed by atoms with Crippen molar-refractivity contribution in [3.8, 4) is 17.3 Å². The van der Waals surface area contributed by atoms with Crippen LogP contribution in [0.15, 0.2) is 42.5 Å². The van der Waals surface area contributed by atoms with Crippen LogP contribution in [0.4, 0.5) is 25.3 Å². The molecule has 1 saturated heterocycles. The number of fused-ring (bicyclic) bond motifs is 1. The number of sulfonamides is 1. The highest BCUT2D eigenvalue weighted by Crippen LogP contribution is 2.41. The molecule has 1 fully saturated rings. The van der Waals surface area contributed by atoms with E-state index in [2.05, 4.69) is 11.1 Å². The molecule has 226 valence electrons. The van der Waals surface area contributed by atoms with E-state index < -0.39 is 27.7 Å². The monoisotopic (exact) mass is 626 g/mol. The molecule has 5 rings (SSSR count). The number of aliphatic hydroxyl groups is 1. The maximum atomic E-state index is 15.9. The smallest absolute Gasteiger partial charge is 0.211 e. The van der Waals surface area contributed by atoms with Crippen molar-refractivity contribution in [3.63, 3.8) is 0 Å². The molecule has 0 aliphatic carbocycles. The van der Waals surface area contributed by atoms with Gasteiger partial charge < -0.3 is 14.9 Å². The molecule has 1 unspecified atom stereocenters. The first-order chi connectivity index (χ1) is 20.4. The van der Waals surface area contributed by atoms with E-state index in [1.165, 1.54) is 33.8 Å². The number of nitriles is 1. The van der Waals surface area contributed by atoms with Crippen molar-refractivity contribution in [2.75, 3.05) is 48.8 Å². The van der Waals surface area contributed by atoms with Gasteiger partial charge in [-0.1, -0.05) is 25.2 Å². The number of hydrogen-bond donors (Lipinski definition) is 1. The number of thiazole rings is 1. The highest BCUT2D eigenvalue weighted by molar-refractivity contribution is 7.88. The molecule has 0 bridgehead atoms. The van der Waals surface area contributed by atoms with Gasteiger partial charge in [-0.15, -0.1) is 0 Å². The summed E-state index contributed by atoms with van der Waals surface area (Å²) in [6.45, 7) is 6.63. The fourth-order valence-corrected chi connectivity index (χ4v) is 7.40. The lowest BCUT2D eigenvalue weighted by Crippen LogP contribution is -2.56. The maximum Gasteiger partial charge on any atom is 0.211 e. The zero-order valence-electron chi connectivity index (χ0n) is 24.3. The first kappa shape index (κ1) is 30.7. The molecule has 43 heavy (non-hydrogen) atoms. The van der Waals surface area contributed by atoms with Gasteiger partial charge in [-0.05, 0) is 55.3 Å². The van der Waals surface area contributed by atoms with Crippen molar-refractivity contribution >= 4 is 48.8 Å². The molecule has 13 heteroatoms. The Kier molecular flexibility index (Phi) is 8.67. The average molecular weight is 627 g/mol. The number of nitrogens with zero attached hydrogens (tertiary/aromatic N) is 6. The number of anilines is 3. The number of aromatic nitrogens is 2. The summed E-state index contributed by atoms with van der Waals surface area (Å²) in [5, 5.41) is 20.9. The van der Waals surface area contributed by atoms with Crippen LogP contribution in [0.1, 0.15) is 37.3 Å². The molecule has 1 aliphatic heterocycles. The van der Waals surface area contributed by atoms with Gasteiger partial charge in [-0.3, -0.25) is 0 Å². The molecule has 0 amide bonds. The molecule has 0 saturated carbocycles. The summed E-state index contributed by atoms with van der Waals surface area (Å²) < 4.78 is 55.2. The minimum absolute atomic E-state index is 0.00365. The lowest BCUT2D eigenvalue weighted by molar-refractivity contribution is 0.176. The fourth-order valence-electron chi connectivity index (χ4n) is 5.35. The average Bonchev–Trinajstić information content (AvgIpc) is 3.41. The summed E-state index contributed by atoms with van der Waals surface area (Å²) >= 11 is 1.20. The van der Waals surface area contributed by atoms with Crippen LogP contribution in [0, 0.1) is 23.0 Å². The second-order valence-electron chi connectivity index (χ2n) is 10.7. The predicted octanol–water partition coefficient (Wildman–Crippen LogP) is 5.23. The lowest BCUT2D eigenvalue weighted by atomic mass is 10.0. The summed E-state index contributed by atoms with van der Waals surface area (Å²) in [5.41, 5.74) is 3.12. The number of piperazine rings is 1. The molecule has 2 aromatic heterocycles. The van der Waals surface area contributed by atoms with E-state index in [1.807, 2.05) is 42.7 Å². The topological polar surface area (TPSA) is 114 Å². The third-order valence-corrected chi connectivity index (χ3v) is 9.86.